The molecule has 30 heavy (non-hydrogen) atoms. The van der Waals surface area contributed by atoms with Crippen LogP contribution in [0.4, 0.5) is 0 Å². The normalized spacial score (nSPS) is 15.1. The van der Waals surface area contributed by atoms with E-state index in [0.29, 0.717) is 13.0 Å². The molecule has 1 amide bonds. The molecule has 0 saturated heterocycles. The third kappa shape index (κ3) is 14.4. The van der Waals surface area contributed by atoms with Crippen LogP contribution in [-0.4, -0.2) is 62.4 Å². The summed E-state index contributed by atoms with van der Waals surface area (Å²) >= 11 is 7.60. The first kappa shape index (κ1) is 29.4. The summed E-state index contributed by atoms with van der Waals surface area (Å²) in [5.74, 6) is -0.126. The summed E-state index contributed by atoms with van der Waals surface area (Å²) in [4.78, 5) is 22.9. The van der Waals surface area contributed by atoms with E-state index in [0.717, 1.165) is 5.75 Å². The standard InChI is InChI=1S/C20H36N2O5S3/c1-7-29-17(28)30-20(6,12-21)10-8-15(23)22-13-18(2,3)27-14-19(4,5)26-11-9-16(24)25/h17,28H,7-11,13-14H2,1-6H3,(H,22,23)(H,24,25). The number of rotatable bonds is 16. The van der Waals surface area contributed by atoms with Crippen LogP contribution in [0, 0.1) is 11.3 Å². The second kappa shape index (κ2) is 13.7. The molecule has 0 aliphatic heterocycles. The Balaban J connectivity index is 4.40. The van der Waals surface area contributed by atoms with Gasteiger partial charge in [0, 0.05) is 13.0 Å². The van der Waals surface area contributed by atoms with Crippen molar-refractivity contribution >= 4 is 48.0 Å². The number of thioether (sulfide) groups is 2. The fourth-order valence-corrected chi connectivity index (χ4v) is 5.63. The minimum atomic E-state index is -0.908. The Kier molecular flexibility index (Phi) is 13.5. The van der Waals surface area contributed by atoms with Crippen LogP contribution in [0.3, 0.4) is 0 Å². The van der Waals surface area contributed by atoms with Crippen LogP contribution >= 0.6 is 36.2 Å². The van der Waals surface area contributed by atoms with Crippen molar-refractivity contribution in [1.29, 1.82) is 5.26 Å². The Morgan fingerprint density at radius 3 is 2.33 bits per heavy atom. The molecule has 0 saturated carbocycles. The number of hydrogen-bond donors (Lipinski definition) is 3. The van der Waals surface area contributed by atoms with E-state index in [4.69, 9.17) is 14.6 Å². The lowest BCUT2D eigenvalue weighted by Crippen LogP contribution is -2.44. The SMILES string of the molecule is CCSC(S)SC(C)(C#N)CCC(=O)NCC(C)(C)OCC(C)(C)OCCC(=O)O. The minimum Gasteiger partial charge on any atom is -0.481 e. The van der Waals surface area contributed by atoms with E-state index in [9.17, 15) is 14.9 Å². The summed E-state index contributed by atoms with van der Waals surface area (Å²) in [5, 5.41) is 21.1. The highest BCUT2D eigenvalue weighted by Crippen LogP contribution is 2.39. The Morgan fingerprint density at radius 2 is 1.80 bits per heavy atom. The monoisotopic (exact) mass is 480 g/mol. The molecule has 0 aromatic rings. The lowest BCUT2D eigenvalue weighted by atomic mass is 10.1. The molecule has 7 nitrogen and oxygen atoms in total. The van der Waals surface area contributed by atoms with Crippen molar-refractivity contribution in [3.05, 3.63) is 0 Å². The molecule has 0 aromatic heterocycles. The second-order valence-electron chi connectivity index (χ2n) is 8.30. The summed E-state index contributed by atoms with van der Waals surface area (Å²) in [6, 6.07) is 2.30. The molecule has 2 unspecified atom stereocenters. The number of carboxylic acid groups (broad SMARTS) is 1. The van der Waals surface area contributed by atoms with E-state index in [1.807, 2.05) is 41.5 Å². The number of carboxylic acids is 1. The van der Waals surface area contributed by atoms with Crippen LogP contribution in [0.15, 0.2) is 0 Å². The molecule has 2 N–H and O–H groups in total. The maximum Gasteiger partial charge on any atom is 0.305 e. The number of carbonyl (C=O) groups is 2. The van der Waals surface area contributed by atoms with Crippen LogP contribution in [0.5, 0.6) is 0 Å². The van der Waals surface area contributed by atoms with Crippen molar-refractivity contribution in [1.82, 2.24) is 5.32 Å². The number of aliphatic carboxylic acids is 1. The van der Waals surface area contributed by atoms with Gasteiger partial charge in [0.1, 0.15) is 4.75 Å². The smallest absolute Gasteiger partial charge is 0.305 e. The van der Waals surface area contributed by atoms with Gasteiger partial charge < -0.3 is 19.9 Å². The van der Waals surface area contributed by atoms with E-state index in [2.05, 4.69) is 24.0 Å². The first-order chi connectivity index (χ1) is 13.7. The summed E-state index contributed by atoms with van der Waals surface area (Å²) in [6.07, 6.45) is 0.620. The maximum atomic E-state index is 12.3. The molecule has 0 aliphatic rings. The molecule has 10 heteroatoms. The number of carbonyl (C=O) groups excluding carboxylic acids is 1. The zero-order valence-electron chi connectivity index (χ0n) is 18.8. The highest BCUT2D eigenvalue weighted by atomic mass is 32.3. The molecule has 0 spiro atoms. The molecule has 0 heterocycles. The maximum absolute atomic E-state index is 12.3. The zero-order valence-corrected chi connectivity index (χ0v) is 21.3. The number of nitrogens with one attached hydrogen (secondary N) is 1. The Bertz CT molecular complexity index is 595. The van der Waals surface area contributed by atoms with Gasteiger partial charge in [-0.3, -0.25) is 9.59 Å². The molecule has 0 rings (SSSR count). The fraction of sp³-hybridized carbons (Fsp3) is 0.850. The Labute approximate surface area is 194 Å². The summed E-state index contributed by atoms with van der Waals surface area (Å²) in [5.41, 5.74) is -1.26. The molecule has 0 bridgehead atoms. The summed E-state index contributed by atoms with van der Waals surface area (Å²) < 4.78 is 10.8. The quantitative estimate of drug-likeness (QED) is 0.225. The molecular weight excluding hydrogens is 444 g/mol. The van der Waals surface area contributed by atoms with E-state index in [1.54, 1.807) is 11.8 Å². The largest absolute Gasteiger partial charge is 0.481 e. The van der Waals surface area contributed by atoms with Crippen LogP contribution in [0.1, 0.15) is 60.8 Å². The summed E-state index contributed by atoms with van der Waals surface area (Å²) in [7, 11) is 0. The fourth-order valence-electron chi connectivity index (χ4n) is 2.17. The highest BCUT2D eigenvalue weighted by Gasteiger charge is 2.30. The van der Waals surface area contributed by atoms with Gasteiger partial charge in [-0.05, 0) is 46.8 Å². The van der Waals surface area contributed by atoms with E-state index >= 15 is 0 Å². The van der Waals surface area contributed by atoms with E-state index in [-0.39, 0.29) is 35.9 Å². The van der Waals surface area contributed by atoms with Crippen molar-refractivity contribution in [2.75, 3.05) is 25.5 Å². The predicted octanol–water partition coefficient (Wildman–Crippen LogP) is 3.93. The van der Waals surface area contributed by atoms with E-state index < -0.39 is 21.9 Å². The first-order valence-electron chi connectivity index (χ1n) is 9.89. The lowest BCUT2D eigenvalue weighted by Gasteiger charge is -2.32. The number of nitriles is 1. The summed E-state index contributed by atoms with van der Waals surface area (Å²) in [6.45, 7) is 12.0. The molecule has 0 aromatic carbocycles. The predicted molar refractivity (Wildman–Crippen MR) is 127 cm³/mol. The molecular formula is C20H36N2O5S3. The topological polar surface area (TPSA) is 109 Å². The van der Waals surface area contributed by atoms with Gasteiger partial charge in [0.05, 0.1) is 40.8 Å². The molecule has 174 valence electrons. The van der Waals surface area contributed by atoms with Gasteiger partial charge in [0.15, 0.2) is 0 Å². The van der Waals surface area contributed by atoms with Crippen molar-refractivity contribution in [2.24, 2.45) is 0 Å². The first-order valence-corrected chi connectivity index (χ1v) is 12.3. The van der Waals surface area contributed by atoms with Gasteiger partial charge in [-0.25, -0.2) is 0 Å². The molecule has 0 radical (unpaired) electrons. The number of thiol groups is 1. The molecule has 2 atom stereocenters. The number of ether oxygens (including phenoxy) is 2. The molecule has 0 aliphatic carbocycles. The lowest BCUT2D eigenvalue weighted by molar-refractivity contribution is -0.144. The van der Waals surface area contributed by atoms with Crippen LogP contribution in [0.25, 0.3) is 0 Å². The Hall–Kier alpha value is -0.600. The Morgan fingerprint density at radius 1 is 1.17 bits per heavy atom. The van der Waals surface area contributed by atoms with Crippen molar-refractivity contribution in [3.63, 3.8) is 0 Å². The number of nitrogens with zero attached hydrogens (tertiary/aromatic N) is 1. The molecule has 0 fully saturated rings. The average molecular weight is 481 g/mol. The van der Waals surface area contributed by atoms with Crippen LogP contribution in [-0.2, 0) is 19.1 Å². The van der Waals surface area contributed by atoms with Gasteiger partial charge in [-0.1, -0.05) is 6.92 Å². The number of hydrogen-bond acceptors (Lipinski definition) is 8. The zero-order chi connectivity index (χ0) is 23.4. The third-order valence-corrected chi connectivity index (χ3v) is 7.16. The van der Waals surface area contributed by atoms with Gasteiger partial charge in [0.25, 0.3) is 0 Å². The van der Waals surface area contributed by atoms with Gasteiger partial charge >= 0.3 is 5.97 Å². The highest BCUT2D eigenvalue weighted by molar-refractivity contribution is 8.28. The third-order valence-electron chi connectivity index (χ3n) is 4.07. The van der Waals surface area contributed by atoms with Gasteiger partial charge in [-0.2, -0.15) is 17.9 Å². The van der Waals surface area contributed by atoms with Gasteiger partial charge in [0.2, 0.25) is 5.91 Å². The van der Waals surface area contributed by atoms with Crippen molar-refractivity contribution in [3.8, 4) is 6.07 Å². The van der Waals surface area contributed by atoms with Crippen molar-refractivity contribution < 1.29 is 24.2 Å². The van der Waals surface area contributed by atoms with Crippen LogP contribution in [0.2, 0.25) is 0 Å². The number of amides is 1. The van der Waals surface area contributed by atoms with Crippen LogP contribution < -0.4 is 5.32 Å². The van der Waals surface area contributed by atoms with Gasteiger partial charge in [-0.15, -0.1) is 23.5 Å². The average Bonchev–Trinajstić information content (AvgIpc) is 2.63. The van der Waals surface area contributed by atoms with E-state index in [1.165, 1.54) is 11.8 Å². The minimum absolute atomic E-state index is 0.00360. The van der Waals surface area contributed by atoms with Crippen molar-refractivity contribution in [2.45, 2.75) is 80.7 Å². The second-order valence-corrected chi connectivity index (χ2v) is 12.8.